The Bertz CT molecular complexity index is 355. The molecule has 0 saturated heterocycles. The van der Waals surface area contributed by atoms with E-state index in [1.54, 1.807) is 18.3 Å². The van der Waals surface area contributed by atoms with Gasteiger partial charge in [0.05, 0.1) is 0 Å². The molecule has 68 valence electrons. The maximum Gasteiger partial charge on any atom is 0.315 e. The SMILES string of the molecule is O=C(O)C1c2cccnc2OC1Br. The van der Waals surface area contributed by atoms with Gasteiger partial charge in [-0.25, -0.2) is 4.98 Å². The van der Waals surface area contributed by atoms with E-state index in [1.165, 1.54) is 0 Å². The Morgan fingerprint density at radius 2 is 2.46 bits per heavy atom. The molecule has 1 aliphatic rings. The minimum absolute atomic E-state index is 0.400. The first-order valence-corrected chi connectivity index (χ1v) is 4.60. The second-order valence-electron chi connectivity index (χ2n) is 2.68. The molecule has 4 nitrogen and oxygen atoms in total. The lowest BCUT2D eigenvalue weighted by Crippen LogP contribution is -2.19. The average molecular weight is 244 g/mol. The van der Waals surface area contributed by atoms with Crippen molar-refractivity contribution in [3.05, 3.63) is 23.9 Å². The third-order valence-corrected chi connectivity index (χ3v) is 2.60. The molecule has 5 heteroatoms. The Morgan fingerprint density at radius 3 is 3.15 bits per heavy atom. The standard InChI is InChI=1S/C8H6BrNO3/c9-6-5(8(11)12)4-2-1-3-10-7(4)13-6/h1-3,5-6H,(H,11,12). The number of fused-ring (bicyclic) bond motifs is 1. The molecule has 1 aliphatic heterocycles. The van der Waals surface area contributed by atoms with Crippen LogP contribution >= 0.6 is 15.9 Å². The molecule has 2 atom stereocenters. The molecule has 1 aromatic rings. The van der Waals surface area contributed by atoms with Gasteiger partial charge in [-0.15, -0.1) is 0 Å². The van der Waals surface area contributed by atoms with Crippen LogP contribution in [0.15, 0.2) is 18.3 Å². The van der Waals surface area contributed by atoms with Gasteiger partial charge >= 0.3 is 5.97 Å². The maximum absolute atomic E-state index is 10.8. The van der Waals surface area contributed by atoms with Crippen molar-refractivity contribution >= 4 is 21.9 Å². The zero-order chi connectivity index (χ0) is 9.42. The summed E-state index contributed by atoms with van der Waals surface area (Å²) in [5.74, 6) is -1.17. The number of pyridine rings is 1. The molecule has 0 aromatic carbocycles. The van der Waals surface area contributed by atoms with Gasteiger partial charge in [-0.3, -0.25) is 4.79 Å². The van der Waals surface area contributed by atoms with Crippen molar-refractivity contribution in [3.63, 3.8) is 0 Å². The largest absolute Gasteiger partial charge is 0.481 e. The fourth-order valence-electron chi connectivity index (χ4n) is 1.30. The van der Waals surface area contributed by atoms with Gasteiger partial charge in [-0.2, -0.15) is 0 Å². The summed E-state index contributed by atoms with van der Waals surface area (Å²) in [6, 6.07) is 3.41. The molecular weight excluding hydrogens is 238 g/mol. The van der Waals surface area contributed by atoms with Gasteiger partial charge in [0.2, 0.25) is 5.88 Å². The van der Waals surface area contributed by atoms with Crippen LogP contribution in [-0.2, 0) is 4.79 Å². The Hall–Kier alpha value is -1.10. The molecule has 0 fully saturated rings. The normalized spacial score (nSPS) is 25.0. The summed E-state index contributed by atoms with van der Waals surface area (Å²) < 4.78 is 5.21. The minimum Gasteiger partial charge on any atom is -0.481 e. The van der Waals surface area contributed by atoms with E-state index in [2.05, 4.69) is 20.9 Å². The Balaban J connectivity index is 2.46. The number of carboxylic acids is 1. The smallest absolute Gasteiger partial charge is 0.315 e. The van der Waals surface area contributed by atoms with Crippen LogP contribution in [0.1, 0.15) is 11.5 Å². The highest BCUT2D eigenvalue weighted by molar-refractivity contribution is 9.09. The Labute approximate surface area is 82.7 Å². The van der Waals surface area contributed by atoms with Gasteiger partial charge in [-0.05, 0) is 22.0 Å². The zero-order valence-corrected chi connectivity index (χ0v) is 8.06. The van der Waals surface area contributed by atoms with Crippen molar-refractivity contribution in [1.29, 1.82) is 0 Å². The monoisotopic (exact) mass is 243 g/mol. The lowest BCUT2D eigenvalue weighted by Gasteiger charge is -2.06. The van der Waals surface area contributed by atoms with Crippen LogP contribution < -0.4 is 4.74 Å². The van der Waals surface area contributed by atoms with Gasteiger partial charge in [-0.1, -0.05) is 6.07 Å². The highest BCUT2D eigenvalue weighted by atomic mass is 79.9. The molecule has 2 unspecified atom stereocenters. The van der Waals surface area contributed by atoms with Gasteiger partial charge < -0.3 is 9.84 Å². The molecule has 0 bridgehead atoms. The fourth-order valence-corrected chi connectivity index (χ4v) is 1.99. The first kappa shape index (κ1) is 8.50. The summed E-state index contributed by atoms with van der Waals surface area (Å²) in [7, 11) is 0. The van der Waals surface area contributed by atoms with E-state index in [0.717, 1.165) is 0 Å². The van der Waals surface area contributed by atoms with Gasteiger partial charge in [0.15, 0.2) is 5.01 Å². The minimum atomic E-state index is -0.909. The predicted molar refractivity (Wildman–Crippen MR) is 48.0 cm³/mol. The molecule has 13 heavy (non-hydrogen) atoms. The molecule has 0 aliphatic carbocycles. The van der Waals surface area contributed by atoms with Gasteiger partial charge in [0, 0.05) is 11.8 Å². The number of aliphatic carboxylic acids is 1. The van der Waals surface area contributed by atoms with E-state index in [0.29, 0.717) is 11.4 Å². The number of carbonyl (C=O) groups is 1. The summed E-state index contributed by atoms with van der Waals surface area (Å²) in [6.07, 6.45) is 1.57. The van der Waals surface area contributed by atoms with Crippen LogP contribution in [0.4, 0.5) is 0 Å². The molecule has 1 aromatic heterocycles. The van der Waals surface area contributed by atoms with E-state index in [4.69, 9.17) is 9.84 Å². The van der Waals surface area contributed by atoms with Crippen LogP contribution in [0.5, 0.6) is 5.88 Å². The van der Waals surface area contributed by atoms with Crippen molar-refractivity contribution in [3.8, 4) is 5.88 Å². The van der Waals surface area contributed by atoms with Crippen molar-refractivity contribution < 1.29 is 14.6 Å². The second kappa shape index (κ2) is 2.99. The Kier molecular flexibility index (Phi) is 1.95. The number of carboxylic acid groups (broad SMARTS) is 1. The predicted octanol–water partition coefficient (Wildman–Crippen LogP) is 1.36. The molecular formula is C8H6BrNO3. The molecule has 2 heterocycles. The molecule has 1 N–H and O–H groups in total. The number of nitrogens with zero attached hydrogens (tertiary/aromatic N) is 1. The quantitative estimate of drug-likeness (QED) is 0.758. The molecule has 2 rings (SSSR count). The van der Waals surface area contributed by atoms with Gasteiger partial charge in [0.25, 0.3) is 0 Å². The molecule has 0 saturated carbocycles. The topological polar surface area (TPSA) is 59.4 Å². The number of aromatic nitrogens is 1. The third-order valence-electron chi connectivity index (χ3n) is 1.89. The van der Waals surface area contributed by atoms with Crippen molar-refractivity contribution in [1.82, 2.24) is 4.98 Å². The van der Waals surface area contributed by atoms with E-state index in [1.807, 2.05) is 0 Å². The maximum atomic E-state index is 10.8. The molecule has 0 amide bonds. The second-order valence-corrected chi connectivity index (χ2v) is 3.59. The number of hydrogen-bond donors (Lipinski definition) is 1. The lowest BCUT2D eigenvalue weighted by molar-refractivity contribution is -0.139. The summed E-state index contributed by atoms with van der Waals surface area (Å²) in [5, 5.41) is 8.37. The zero-order valence-electron chi connectivity index (χ0n) is 6.48. The summed E-state index contributed by atoms with van der Waals surface area (Å²) in [4.78, 5) is 14.8. The summed E-state index contributed by atoms with van der Waals surface area (Å²) in [5.41, 5.74) is 0.622. The average Bonchev–Trinajstić information content (AvgIpc) is 2.39. The first-order chi connectivity index (χ1) is 6.20. The van der Waals surface area contributed by atoms with Crippen LogP contribution in [-0.4, -0.2) is 21.1 Å². The van der Waals surface area contributed by atoms with Crippen molar-refractivity contribution in [2.45, 2.75) is 10.9 Å². The van der Waals surface area contributed by atoms with E-state index >= 15 is 0 Å². The molecule has 0 spiro atoms. The number of alkyl halides is 1. The summed E-state index contributed by atoms with van der Waals surface area (Å²) >= 11 is 3.14. The van der Waals surface area contributed by atoms with Crippen molar-refractivity contribution in [2.75, 3.05) is 0 Å². The highest BCUT2D eigenvalue weighted by Crippen LogP contribution is 2.38. The third kappa shape index (κ3) is 1.29. The Morgan fingerprint density at radius 1 is 1.69 bits per heavy atom. The van der Waals surface area contributed by atoms with E-state index < -0.39 is 16.9 Å². The fraction of sp³-hybridized carbons (Fsp3) is 0.250. The van der Waals surface area contributed by atoms with Crippen LogP contribution in [0.3, 0.4) is 0 Å². The first-order valence-electron chi connectivity index (χ1n) is 3.68. The van der Waals surface area contributed by atoms with Crippen LogP contribution in [0.25, 0.3) is 0 Å². The van der Waals surface area contributed by atoms with Crippen molar-refractivity contribution in [2.24, 2.45) is 0 Å². The van der Waals surface area contributed by atoms with Crippen LogP contribution in [0, 0.1) is 0 Å². The number of halogens is 1. The summed E-state index contributed by atoms with van der Waals surface area (Å²) in [6.45, 7) is 0. The lowest BCUT2D eigenvalue weighted by atomic mass is 10.0. The number of ether oxygens (including phenoxy) is 1. The van der Waals surface area contributed by atoms with E-state index in [-0.39, 0.29) is 0 Å². The highest BCUT2D eigenvalue weighted by Gasteiger charge is 2.38. The van der Waals surface area contributed by atoms with Crippen LogP contribution in [0.2, 0.25) is 0 Å². The number of hydrogen-bond acceptors (Lipinski definition) is 3. The van der Waals surface area contributed by atoms with E-state index in [9.17, 15) is 4.79 Å². The van der Waals surface area contributed by atoms with Gasteiger partial charge in [0.1, 0.15) is 5.92 Å². The molecule has 0 radical (unpaired) electrons. The number of rotatable bonds is 1.